The van der Waals surface area contributed by atoms with Crippen LogP contribution in [0.5, 0.6) is 0 Å². The Morgan fingerprint density at radius 3 is 2.95 bits per heavy atom. The molecule has 0 fully saturated rings. The largest absolute Gasteiger partial charge is 0.383 e. The minimum Gasteiger partial charge on any atom is -0.383 e. The highest BCUT2D eigenvalue weighted by atomic mass is 35.5. The molecule has 6 nitrogen and oxygen atoms in total. The molecule has 20 heavy (non-hydrogen) atoms. The first-order valence-electron chi connectivity index (χ1n) is 5.98. The Bertz CT molecular complexity index is 712. The Labute approximate surface area is 120 Å². The molecule has 0 aliphatic rings. The van der Waals surface area contributed by atoms with E-state index in [4.69, 9.17) is 16.3 Å². The van der Waals surface area contributed by atoms with Crippen molar-refractivity contribution in [2.24, 2.45) is 7.05 Å². The van der Waals surface area contributed by atoms with Crippen LogP contribution < -0.4 is 10.7 Å². The maximum absolute atomic E-state index is 12.3. The molecule has 0 aliphatic heterocycles. The number of aromatic nitrogens is 2. The zero-order chi connectivity index (χ0) is 14.7. The van der Waals surface area contributed by atoms with E-state index in [1.807, 2.05) is 0 Å². The lowest BCUT2D eigenvalue weighted by Crippen LogP contribution is -2.33. The number of ether oxygens (including phenoxy) is 1. The second-order valence-electron chi connectivity index (χ2n) is 4.21. The zero-order valence-electron chi connectivity index (χ0n) is 11.1. The molecule has 2 rings (SSSR count). The predicted octanol–water partition coefficient (Wildman–Crippen LogP) is 0.963. The van der Waals surface area contributed by atoms with Crippen LogP contribution in [-0.2, 0) is 11.8 Å². The smallest absolute Gasteiger partial charge is 0.275 e. The SMILES string of the molecule is COCCNC(=O)c1nn(C)c2ccc(Cl)cc2c1=O. The summed E-state index contributed by atoms with van der Waals surface area (Å²) in [5.41, 5.74) is 0.0294. The molecule has 1 aromatic heterocycles. The van der Waals surface area contributed by atoms with Crippen LogP contribution in [0.3, 0.4) is 0 Å². The molecule has 0 radical (unpaired) electrons. The van der Waals surface area contributed by atoms with Crippen LogP contribution in [0, 0.1) is 0 Å². The third-order valence-electron chi connectivity index (χ3n) is 2.82. The fourth-order valence-corrected chi connectivity index (χ4v) is 2.02. The molecule has 0 saturated carbocycles. The lowest BCUT2D eigenvalue weighted by molar-refractivity contribution is 0.0929. The van der Waals surface area contributed by atoms with Crippen LogP contribution in [0.2, 0.25) is 5.02 Å². The molecule has 0 atom stereocenters. The minimum atomic E-state index is -0.524. The van der Waals surface area contributed by atoms with Crippen LogP contribution in [0.1, 0.15) is 10.5 Å². The molecule has 0 saturated heterocycles. The van der Waals surface area contributed by atoms with E-state index >= 15 is 0 Å². The molecule has 0 spiro atoms. The average molecular weight is 296 g/mol. The Kier molecular flexibility index (Phi) is 4.36. The van der Waals surface area contributed by atoms with Crippen LogP contribution in [0.4, 0.5) is 0 Å². The Morgan fingerprint density at radius 1 is 1.50 bits per heavy atom. The maximum atomic E-state index is 12.3. The third kappa shape index (κ3) is 2.81. The summed E-state index contributed by atoms with van der Waals surface area (Å²) in [6.07, 6.45) is 0. The molecule has 1 N–H and O–H groups in total. The molecule has 7 heteroatoms. The second-order valence-corrected chi connectivity index (χ2v) is 4.65. The van der Waals surface area contributed by atoms with Crippen molar-refractivity contribution in [2.75, 3.05) is 20.3 Å². The number of halogens is 1. The summed E-state index contributed by atoms with van der Waals surface area (Å²) in [6, 6.07) is 4.90. The Hall–Kier alpha value is -1.92. The number of nitrogens with zero attached hydrogens (tertiary/aromatic N) is 2. The lowest BCUT2D eigenvalue weighted by atomic mass is 10.2. The normalized spacial score (nSPS) is 10.8. The number of nitrogens with one attached hydrogen (secondary N) is 1. The molecular formula is C13H14ClN3O3. The number of carbonyl (C=O) groups is 1. The van der Waals surface area contributed by atoms with Gasteiger partial charge in [0.05, 0.1) is 17.5 Å². The van der Waals surface area contributed by atoms with E-state index in [1.54, 1.807) is 19.2 Å². The van der Waals surface area contributed by atoms with Gasteiger partial charge < -0.3 is 10.1 Å². The molecule has 0 aliphatic carbocycles. The third-order valence-corrected chi connectivity index (χ3v) is 3.06. The van der Waals surface area contributed by atoms with Gasteiger partial charge in [0.15, 0.2) is 5.69 Å². The number of fused-ring (bicyclic) bond motifs is 1. The number of hydrogen-bond donors (Lipinski definition) is 1. The fraction of sp³-hybridized carbons (Fsp3) is 0.308. The van der Waals surface area contributed by atoms with Gasteiger partial charge in [-0.15, -0.1) is 0 Å². The topological polar surface area (TPSA) is 73.2 Å². The number of amides is 1. The van der Waals surface area contributed by atoms with Crippen LogP contribution in [0.15, 0.2) is 23.0 Å². The van der Waals surface area contributed by atoms with Gasteiger partial charge in [-0.1, -0.05) is 11.6 Å². The predicted molar refractivity (Wildman–Crippen MR) is 76.2 cm³/mol. The van der Waals surface area contributed by atoms with Crippen molar-refractivity contribution in [3.8, 4) is 0 Å². The van der Waals surface area contributed by atoms with Gasteiger partial charge >= 0.3 is 0 Å². The van der Waals surface area contributed by atoms with Crippen molar-refractivity contribution in [3.05, 3.63) is 39.1 Å². The monoisotopic (exact) mass is 295 g/mol. The molecule has 0 bridgehead atoms. The van der Waals surface area contributed by atoms with Gasteiger partial charge in [0.2, 0.25) is 5.43 Å². The summed E-state index contributed by atoms with van der Waals surface area (Å²) in [6.45, 7) is 0.680. The summed E-state index contributed by atoms with van der Waals surface area (Å²) in [4.78, 5) is 24.2. The fourth-order valence-electron chi connectivity index (χ4n) is 1.85. The van der Waals surface area contributed by atoms with E-state index in [0.717, 1.165) is 0 Å². The van der Waals surface area contributed by atoms with Crippen molar-refractivity contribution >= 4 is 28.4 Å². The first kappa shape index (κ1) is 14.5. The van der Waals surface area contributed by atoms with E-state index in [9.17, 15) is 9.59 Å². The highest BCUT2D eigenvalue weighted by Crippen LogP contribution is 2.15. The summed E-state index contributed by atoms with van der Waals surface area (Å²) >= 11 is 5.89. The number of aryl methyl sites for hydroxylation is 1. The summed E-state index contributed by atoms with van der Waals surface area (Å²) in [7, 11) is 3.20. The second kappa shape index (κ2) is 6.02. The van der Waals surface area contributed by atoms with Gasteiger partial charge in [0, 0.05) is 25.7 Å². The number of hydrogen-bond acceptors (Lipinski definition) is 4. The number of carbonyl (C=O) groups excluding carboxylic acids is 1. The highest BCUT2D eigenvalue weighted by Gasteiger charge is 2.16. The standard InChI is InChI=1S/C13H14ClN3O3/c1-17-10-4-3-8(14)7-9(10)12(18)11(16-17)13(19)15-5-6-20-2/h3-4,7H,5-6H2,1-2H3,(H,15,19). The molecule has 0 unspecified atom stereocenters. The van der Waals surface area contributed by atoms with Crippen LogP contribution in [0.25, 0.3) is 10.9 Å². The first-order chi connectivity index (χ1) is 9.54. The van der Waals surface area contributed by atoms with Gasteiger partial charge in [-0.05, 0) is 18.2 Å². The molecule has 1 aromatic carbocycles. The van der Waals surface area contributed by atoms with Crippen molar-refractivity contribution in [1.29, 1.82) is 0 Å². The van der Waals surface area contributed by atoms with Gasteiger partial charge in [0.1, 0.15) is 0 Å². The molecule has 2 aromatic rings. The van der Waals surface area contributed by atoms with E-state index in [0.29, 0.717) is 29.1 Å². The number of methoxy groups -OCH3 is 1. The van der Waals surface area contributed by atoms with Crippen molar-refractivity contribution in [3.63, 3.8) is 0 Å². The van der Waals surface area contributed by atoms with Gasteiger partial charge in [-0.25, -0.2) is 0 Å². The molecule has 106 valence electrons. The zero-order valence-corrected chi connectivity index (χ0v) is 11.9. The summed E-state index contributed by atoms with van der Waals surface area (Å²) in [5.74, 6) is -0.524. The maximum Gasteiger partial charge on any atom is 0.275 e. The minimum absolute atomic E-state index is 0.154. The quantitative estimate of drug-likeness (QED) is 0.853. The van der Waals surface area contributed by atoms with Crippen molar-refractivity contribution in [2.45, 2.75) is 0 Å². The Balaban J connectivity index is 2.47. The summed E-state index contributed by atoms with van der Waals surface area (Å²) in [5, 5.41) is 7.40. The molecular weight excluding hydrogens is 282 g/mol. The van der Waals surface area contributed by atoms with Crippen LogP contribution in [-0.4, -0.2) is 35.9 Å². The van der Waals surface area contributed by atoms with Gasteiger partial charge in [0.25, 0.3) is 5.91 Å². The van der Waals surface area contributed by atoms with E-state index in [2.05, 4.69) is 10.4 Å². The number of rotatable bonds is 4. The summed E-state index contributed by atoms with van der Waals surface area (Å²) < 4.78 is 6.32. The first-order valence-corrected chi connectivity index (χ1v) is 6.36. The average Bonchev–Trinajstić information content (AvgIpc) is 2.42. The van der Waals surface area contributed by atoms with Crippen molar-refractivity contribution in [1.82, 2.24) is 15.1 Å². The van der Waals surface area contributed by atoms with E-state index in [1.165, 1.54) is 17.9 Å². The van der Waals surface area contributed by atoms with Crippen molar-refractivity contribution < 1.29 is 9.53 Å². The highest BCUT2D eigenvalue weighted by molar-refractivity contribution is 6.31. The molecule has 1 heterocycles. The molecule has 1 amide bonds. The van der Waals surface area contributed by atoms with E-state index in [-0.39, 0.29) is 5.69 Å². The lowest BCUT2D eigenvalue weighted by Gasteiger charge is -2.08. The Morgan fingerprint density at radius 2 is 2.25 bits per heavy atom. The van der Waals surface area contributed by atoms with Gasteiger partial charge in [-0.2, -0.15) is 5.10 Å². The number of benzene rings is 1. The van der Waals surface area contributed by atoms with E-state index < -0.39 is 11.3 Å². The van der Waals surface area contributed by atoms with Gasteiger partial charge in [-0.3, -0.25) is 14.3 Å². The van der Waals surface area contributed by atoms with Crippen LogP contribution >= 0.6 is 11.6 Å².